The third-order valence-electron chi connectivity index (χ3n) is 4.28. The lowest BCUT2D eigenvalue weighted by atomic mass is 10.1. The van der Waals surface area contributed by atoms with Crippen LogP contribution in [0.25, 0.3) is 0 Å². The molecule has 0 bridgehead atoms. The minimum Gasteiger partial charge on any atom is -0.316 e. The highest BCUT2D eigenvalue weighted by molar-refractivity contribution is 7.89. The van der Waals surface area contributed by atoms with Crippen molar-refractivity contribution >= 4 is 21.7 Å². The van der Waals surface area contributed by atoms with Crippen LogP contribution in [0.5, 0.6) is 0 Å². The number of hydrogen-bond donors (Lipinski definition) is 3. The highest BCUT2D eigenvalue weighted by atomic mass is 32.2. The third-order valence-corrected chi connectivity index (χ3v) is 5.72. The Morgan fingerprint density at radius 3 is 2.65 bits per heavy atom. The van der Waals surface area contributed by atoms with Gasteiger partial charge in [-0.1, -0.05) is 30.3 Å². The van der Waals surface area contributed by atoms with E-state index in [2.05, 4.69) is 20.3 Å². The molecule has 0 saturated carbocycles. The maximum atomic E-state index is 12.3. The Morgan fingerprint density at radius 2 is 2.00 bits per heavy atom. The van der Waals surface area contributed by atoms with E-state index in [4.69, 9.17) is 0 Å². The van der Waals surface area contributed by atoms with Crippen LogP contribution < -0.4 is 15.4 Å². The van der Waals surface area contributed by atoms with Crippen LogP contribution in [0.3, 0.4) is 0 Å². The summed E-state index contributed by atoms with van der Waals surface area (Å²) in [4.78, 5) is 16.2. The maximum Gasteiger partial charge on any atom is 0.242 e. The van der Waals surface area contributed by atoms with Crippen LogP contribution in [0, 0.1) is 5.92 Å². The zero-order valence-electron chi connectivity index (χ0n) is 14.3. The van der Waals surface area contributed by atoms with Crippen molar-refractivity contribution in [1.82, 2.24) is 15.0 Å². The minimum atomic E-state index is -3.63. The number of anilines is 1. The number of pyridine rings is 1. The molecule has 0 aliphatic carbocycles. The number of amides is 1. The van der Waals surface area contributed by atoms with Crippen LogP contribution in [-0.4, -0.2) is 38.9 Å². The zero-order chi connectivity index (χ0) is 18.4. The lowest BCUT2D eigenvalue weighted by molar-refractivity contribution is -0.119. The quantitative estimate of drug-likeness (QED) is 0.675. The molecule has 0 unspecified atom stereocenters. The van der Waals surface area contributed by atoms with E-state index in [0.717, 1.165) is 18.5 Å². The van der Waals surface area contributed by atoms with Gasteiger partial charge in [0.2, 0.25) is 15.9 Å². The summed E-state index contributed by atoms with van der Waals surface area (Å²) < 4.78 is 27.2. The van der Waals surface area contributed by atoms with Gasteiger partial charge in [0, 0.05) is 19.3 Å². The molecule has 3 N–H and O–H groups in total. The molecule has 0 radical (unpaired) electrons. The van der Waals surface area contributed by atoms with Crippen molar-refractivity contribution in [2.45, 2.75) is 17.7 Å². The summed E-state index contributed by atoms with van der Waals surface area (Å²) in [5.74, 6) is 0.184. The van der Waals surface area contributed by atoms with E-state index in [0.29, 0.717) is 25.3 Å². The molecule has 1 aromatic heterocycles. The van der Waals surface area contributed by atoms with E-state index in [1.165, 1.54) is 18.3 Å². The lowest BCUT2D eigenvalue weighted by Gasteiger charge is -2.10. The van der Waals surface area contributed by atoms with Gasteiger partial charge in [0.05, 0.1) is 5.92 Å². The Morgan fingerprint density at radius 1 is 1.19 bits per heavy atom. The second-order valence-electron chi connectivity index (χ2n) is 6.19. The average Bonchev–Trinajstić information content (AvgIpc) is 3.18. The van der Waals surface area contributed by atoms with Crippen molar-refractivity contribution < 1.29 is 13.2 Å². The summed E-state index contributed by atoms with van der Waals surface area (Å²) >= 11 is 0. The van der Waals surface area contributed by atoms with Crippen LogP contribution in [0.4, 0.5) is 5.82 Å². The van der Waals surface area contributed by atoms with Gasteiger partial charge >= 0.3 is 0 Å². The molecule has 1 aliphatic rings. The number of carbonyl (C=O) groups is 1. The van der Waals surface area contributed by atoms with Crippen molar-refractivity contribution in [2.24, 2.45) is 5.92 Å². The maximum absolute atomic E-state index is 12.3. The van der Waals surface area contributed by atoms with E-state index in [-0.39, 0.29) is 16.7 Å². The van der Waals surface area contributed by atoms with Crippen LogP contribution in [0.2, 0.25) is 0 Å². The molecule has 2 aromatic rings. The number of benzene rings is 1. The smallest absolute Gasteiger partial charge is 0.242 e. The number of hydrogen-bond acceptors (Lipinski definition) is 5. The van der Waals surface area contributed by atoms with Gasteiger partial charge in [-0.05, 0) is 37.1 Å². The van der Waals surface area contributed by atoms with Gasteiger partial charge in [0.25, 0.3) is 0 Å². The monoisotopic (exact) mass is 374 g/mol. The van der Waals surface area contributed by atoms with Crippen LogP contribution in [0.15, 0.2) is 53.6 Å². The number of nitrogens with one attached hydrogen (secondary N) is 3. The van der Waals surface area contributed by atoms with E-state index in [1.54, 1.807) is 0 Å². The van der Waals surface area contributed by atoms with Crippen molar-refractivity contribution in [2.75, 3.05) is 25.0 Å². The summed E-state index contributed by atoms with van der Waals surface area (Å²) in [6.07, 6.45) is 2.66. The van der Waals surface area contributed by atoms with Gasteiger partial charge in [0.15, 0.2) is 0 Å². The predicted molar refractivity (Wildman–Crippen MR) is 99.2 cm³/mol. The predicted octanol–water partition coefficient (Wildman–Crippen LogP) is 1.15. The molecular weight excluding hydrogens is 352 g/mol. The standard InChI is InChI=1S/C18H22N4O3S/c23-18(15-9-10-19-12-15)22-17-7-6-16(13-20-17)26(24,25)21-11-8-14-4-2-1-3-5-14/h1-7,13,15,19,21H,8-12H2,(H,20,22,23)/t15-/m0/s1. The molecule has 1 aromatic carbocycles. The number of carbonyl (C=O) groups excluding carboxylic acids is 1. The largest absolute Gasteiger partial charge is 0.316 e. The van der Waals surface area contributed by atoms with E-state index in [1.807, 2.05) is 30.3 Å². The molecule has 8 heteroatoms. The third kappa shape index (κ3) is 4.87. The fraction of sp³-hybridized carbons (Fsp3) is 0.333. The molecular formula is C18H22N4O3S. The van der Waals surface area contributed by atoms with E-state index in [9.17, 15) is 13.2 Å². The molecule has 1 atom stereocenters. The molecule has 138 valence electrons. The summed E-state index contributed by atoms with van der Waals surface area (Å²) in [6, 6.07) is 12.6. The second-order valence-corrected chi connectivity index (χ2v) is 7.96. The molecule has 1 fully saturated rings. The normalized spacial score (nSPS) is 17.2. The van der Waals surface area contributed by atoms with Gasteiger partial charge in [0.1, 0.15) is 10.7 Å². The Kier molecular flexibility index (Phi) is 5.97. The van der Waals surface area contributed by atoms with Gasteiger partial charge < -0.3 is 10.6 Å². The summed E-state index contributed by atoms with van der Waals surface area (Å²) in [5.41, 5.74) is 1.06. The molecule has 26 heavy (non-hydrogen) atoms. The van der Waals surface area contributed by atoms with Crippen molar-refractivity contribution in [3.8, 4) is 0 Å². The topological polar surface area (TPSA) is 100 Å². The number of aromatic nitrogens is 1. The molecule has 1 saturated heterocycles. The number of sulfonamides is 1. The first-order valence-corrected chi connectivity index (χ1v) is 10.0. The fourth-order valence-corrected chi connectivity index (χ4v) is 3.75. The molecule has 3 rings (SSSR count). The number of rotatable bonds is 7. The summed E-state index contributed by atoms with van der Waals surface area (Å²) in [5, 5.41) is 5.85. The Labute approximate surface area is 153 Å². The van der Waals surface area contributed by atoms with Gasteiger partial charge in [-0.3, -0.25) is 4.79 Å². The fourth-order valence-electron chi connectivity index (χ4n) is 2.78. The first-order valence-electron chi connectivity index (χ1n) is 8.56. The SMILES string of the molecule is O=C(Nc1ccc(S(=O)(=O)NCCc2ccccc2)cn1)[C@H]1CCNC1. The number of nitrogens with zero attached hydrogens (tertiary/aromatic N) is 1. The molecule has 0 spiro atoms. The van der Waals surface area contributed by atoms with Gasteiger partial charge in [-0.25, -0.2) is 18.1 Å². The molecule has 2 heterocycles. The second kappa shape index (κ2) is 8.39. The van der Waals surface area contributed by atoms with Crippen molar-refractivity contribution in [3.05, 3.63) is 54.2 Å². The first-order chi connectivity index (χ1) is 12.5. The molecule has 1 aliphatic heterocycles. The Balaban J connectivity index is 1.55. The van der Waals surface area contributed by atoms with Gasteiger partial charge in [-0.2, -0.15) is 0 Å². The van der Waals surface area contributed by atoms with Crippen molar-refractivity contribution in [3.63, 3.8) is 0 Å². The average molecular weight is 374 g/mol. The van der Waals surface area contributed by atoms with Gasteiger partial charge in [-0.15, -0.1) is 0 Å². The highest BCUT2D eigenvalue weighted by Gasteiger charge is 2.22. The highest BCUT2D eigenvalue weighted by Crippen LogP contribution is 2.14. The van der Waals surface area contributed by atoms with Crippen LogP contribution in [-0.2, 0) is 21.2 Å². The first kappa shape index (κ1) is 18.5. The zero-order valence-corrected chi connectivity index (χ0v) is 15.1. The van der Waals surface area contributed by atoms with E-state index < -0.39 is 10.0 Å². The summed E-state index contributed by atoms with van der Waals surface area (Å²) in [7, 11) is -3.63. The molecule has 7 nitrogen and oxygen atoms in total. The lowest BCUT2D eigenvalue weighted by Crippen LogP contribution is -2.27. The minimum absolute atomic E-state index is 0.0696. The van der Waals surface area contributed by atoms with E-state index >= 15 is 0 Å². The van der Waals surface area contributed by atoms with Crippen molar-refractivity contribution in [1.29, 1.82) is 0 Å². The summed E-state index contributed by atoms with van der Waals surface area (Å²) in [6.45, 7) is 1.79. The molecule has 1 amide bonds. The Hall–Kier alpha value is -2.29. The Bertz CT molecular complexity index is 832. The van der Waals surface area contributed by atoms with Crippen LogP contribution >= 0.6 is 0 Å². The van der Waals surface area contributed by atoms with Crippen LogP contribution in [0.1, 0.15) is 12.0 Å².